The number of nitrogens with zero attached hydrogens (tertiary/aromatic N) is 1. The van der Waals surface area contributed by atoms with Crippen molar-refractivity contribution in [1.82, 2.24) is 4.90 Å². The van der Waals surface area contributed by atoms with Crippen LogP contribution in [0.1, 0.15) is 41.3 Å². The van der Waals surface area contributed by atoms with Gasteiger partial charge in [-0.25, -0.2) is 0 Å². The van der Waals surface area contributed by atoms with E-state index in [2.05, 4.69) is 4.90 Å². The first-order valence-corrected chi connectivity index (χ1v) is 7.17. The monoisotopic (exact) mass is 290 g/mol. The number of likely N-dealkylation sites (tertiary alicyclic amines) is 1. The highest BCUT2D eigenvalue weighted by atomic mass is 16.4. The fourth-order valence-corrected chi connectivity index (χ4v) is 2.92. The van der Waals surface area contributed by atoms with Crippen LogP contribution in [0.25, 0.3) is 0 Å². The second-order valence-corrected chi connectivity index (χ2v) is 6.19. The first-order chi connectivity index (χ1) is 9.82. The van der Waals surface area contributed by atoms with Crippen molar-refractivity contribution in [3.05, 3.63) is 34.9 Å². The van der Waals surface area contributed by atoms with Crippen LogP contribution in [0, 0.1) is 12.3 Å². The van der Waals surface area contributed by atoms with Crippen molar-refractivity contribution in [3.63, 3.8) is 0 Å². The molecule has 1 aromatic carbocycles. The number of hydrogen-bond acceptors (Lipinski definition) is 3. The number of benzene rings is 1. The van der Waals surface area contributed by atoms with Gasteiger partial charge in [-0.05, 0) is 56.5 Å². The van der Waals surface area contributed by atoms with Crippen molar-refractivity contribution >= 4 is 11.9 Å². The van der Waals surface area contributed by atoms with Gasteiger partial charge >= 0.3 is 5.97 Å². The summed E-state index contributed by atoms with van der Waals surface area (Å²) in [4.78, 5) is 24.7. The molecule has 0 aromatic heterocycles. The zero-order valence-electron chi connectivity index (χ0n) is 12.6. The Bertz CT molecular complexity index is 571. The lowest BCUT2D eigenvalue weighted by Crippen LogP contribution is -2.45. The van der Waals surface area contributed by atoms with E-state index in [1.807, 2.05) is 19.9 Å². The lowest BCUT2D eigenvalue weighted by molar-refractivity contribution is -0.151. The maximum absolute atomic E-state index is 11.4. The molecule has 0 bridgehead atoms. The van der Waals surface area contributed by atoms with Crippen LogP contribution in [-0.2, 0) is 11.3 Å². The molecule has 1 amide bonds. The van der Waals surface area contributed by atoms with Crippen LogP contribution in [0.5, 0.6) is 0 Å². The third kappa shape index (κ3) is 3.42. The molecule has 3 N–H and O–H groups in total. The Labute approximate surface area is 124 Å². The van der Waals surface area contributed by atoms with Crippen molar-refractivity contribution in [2.24, 2.45) is 11.1 Å². The highest BCUT2D eigenvalue weighted by Gasteiger charge is 2.37. The lowest BCUT2D eigenvalue weighted by atomic mass is 9.82. The predicted molar refractivity (Wildman–Crippen MR) is 80.0 cm³/mol. The van der Waals surface area contributed by atoms with Gasteiger partial charge in [0, 0.05) is 18.7 Å². The molecular weight excluding hydrogens is 268 g/mol. The van der Waals surface area contributed by atoms with Crippen molar-refractivity contribution < 1.29 is 14.7 Å². The minimum Gasteiger partial charge on any atom is -0.481 e. The average Bonchev–Trinajstić information content (AvgIpc) is 2.41. The number of aliphatic carboxylic acids is 1. The molecular formula is C16H22N2O3. The van der Waals surface area contributed by atoms with Gasteiger partial charge < -0.3 is 10.8 Å². The van der Waals surface area contributed by atoms with Crippen LogP contribution < -0.4 is 5.73 Å². The molecule has 1 heterocycles. The fourth-order valence-electron chi connectivity index (χ4n) is 2.92. The number of aryl methyl sites for hydroxylation is 1. The zero-order chi connectivity index (χ0) is 15.6. The highest BCUT2D eigenvalue weighted by Crippen LogP contribution is 2.30. The standard InChI is InChI=1S/C16H22N2O3/c1-11-8-12(14(17)19)4-5-13(11)9-18-7-3-6-16(2,10-18)15(20)21/h4-5,8H,3,6-7,9-10H2,1-2H3,(H2,17,19)(H,20,21). The predicted octanol–water partition coefficient (Wildman–Crippen LogP) is 1.78. The number of rotatable bonds is 4. The largest absolute Gasteiger partial charge is 0.481 e. The number of piperidine rings is 1. The van der Waals surface area contributed by atoms with Crippen molar-refractivity contribution in [2.45, 2.75) is 33.2 Å². The van der Waals surface area contributed by atoms with Crippen LogP contribution in [0.3, 0.4) is 0 Å². The Kier molecular flexibility index (Phi) is 4.32. The number of carbonyl (C=O) groups is 2. The summed E-state index contributed by atoms with van der Waals surface area (Å²) >= 11 is 0. The normalized spacial score (nSPS) is 23.0. The SMILES string of the molecule is Cc1cc(C(N)=O)ccc1CN1CCCC(C)(C(=O)O)C1. The third-order valence-electron chi connectivity index (χ3n) is 4.31. The summed E-state index contributed by atoms with van der Waals surface area (Å²) in [6.07, 6.45) is 1.61. The van der Waals surface area contributed by atoms with E-state index in [4.69, 9.17) is 5.73 Å². The van der Waals surface area contributed by atoms with E-state index in [0.29, 0.717) is 18.7 Å². The topological polar surface area (TPSA) is 83.6 Å². The maximum atomic E-state index is 11.4. The maximum Gasteiger partial charge on any atom is 0.310 e. The Morgan fingerprint density at radius 2 is 2.14 bits per heavy atom. The summed E-state index contributed by atoms with van der Waals surface area (Å²) in [6.45, 7) is 5.92. The minimum absolute atomic E-state index is 0.430. The van der Waals surface area contributed by atoms with Crippen LogP contribution in [0.4, 0.5) is 0 Å². The number of carboxylic acids is 1. The van der Waals surface area contributed by atoms with Crippen LogP contribution in [0.15, 0.2) is 18.2 Å². The first kappa shape index (κ1) is 15.5. The molecule has 5 nitrogen and oxygen atoms in total. The van der Waals surface area contributed by atoms with E-state index >= 15 is 0 Å². The molecule has 0 radical (unpaired) electrons. The number of hydrogen-bond donors (Lipinski definition) is 2. The Morgan fingerprint density at radius 1 is 1.43 bits per heavy atom. The number of primary amides is 1. The van der Waals surface area contributed by atoms with Crippen LogP contribution in [-0.4, -0.2) is 35.0 Å². The molecule has 1 saturated heterocycles. The number of nitrogens with two attached hydrogens (primary N) is 1. The van der Waals surface area contributed by atoms with E-state index in [1.165, 1.54) is 0 Å². The molecule has 1 aliphatic rings. The fraction of sp³-hybridized carbons (Fsp3) is 0.500. The first-order valence-electron chi connectivity index (χ1n) is 7.17. The second-order valence-electron chi connectivity index (χ2n) is 6.19. The molecule has 0 saturated carbocycles. The third-order valence-corrected chi connectivity index (χ3v) is 4.31. The molecule has 1 atom stereocenters. The van der Waals surface area contributed by atoms with E-state index in [9.17, 15) is 14.7 Å². The lowest BCUT2D eigenvalue weighted by Gasteiger charge is -2.37. The molecule has 114 valence electrons. The minimum atomic E-state index is -0.729. The van der Waals surface area contributed by atoms with E-state index in [0.717, 1.165) is 30.5 Å². The Balaban J connectivity index is 2.11. The van der Waals surface area contributed by atoms with E-state index in [1.54, 1.807) is 12.1 Å². The Morgan fingerprint density at radius 3 is 2.71 bits per heavy atom. The van der Waals surface area contributed by atoms with Gasteiger partial charge in [-0.15, -0.1) is 0 Å². The Hall–Kier alpha value is -1.88. The van der Waals surface area contributed by atoms with Gasteiger partial charge in [0.15, 0.2) is 0 Å². The van der Waals surface area contributed by atoms with Crippen molar-refractivity contribution in [3.8, 4) is 0 Å². The molecule has 1 fully saturated rings. The van der Waals surface area contributed by atoms with Crippen molar-refractivity contribution in [1.29, 1.82) is 0 Å². The summed E-state index contributed by atoms with van der Waals surface area (Å²) in [7, 11) is 0. The zero-order valence-corrected chi connectivity index (χ0v) is 12.6. The molecule has 21 heavy (non-hydrogen) atoms. The summed E-state index contributed by atoms with van der Waals surface area (Å²) in [5, 5.41) is 9.36. The van der Waals surface area contributed by atoms with Gasteiger partial charge in [0.05, 0.1) is 5.41 Å². The van der Waals surface area contributed by atoms with E-state index in [-0.39, 0.29) is 0 Å². The molecule has 0 aliphatic carbocycles. The van der Waals surface area contributed by atoms with Gasteiger partial charge in [0.2, 0.25) is 5.91 Å². The molecule has 1 aliphatic heterocycles. The molecule has 0 spiro atoms. The van der Waals surface area contributed by atoms with Gasteiger partial charge in [0.1, 0.15) is 0 Å². The molecule has 1 aromatic rings. The number of carboxylic acid groups (broad SMARTS) is 1. The van der Waals surface area contributed by atoms with Gasteiger partial charge in [-0.3, -0.25) is 14.5 Å². The quantitative estimate of drug-likeness (QED) is 0.885. The molecule has 1 unspecified atom stereocenters. The average molecular weight is 290 g/mol. The number of carbonyl (C=O) groups excluding carboxylic acids is 1. The summed E-state index contributed by atoms with van der Waals surface area (Å²) in [6, 6.07) is 5.42. The van der Waals surface area contributed by atoms with Gasteiger partial charge in [-0.1, -0.05) is 6.07 Å². The highest BCUT2D eigenvalue weighted by molar-refractivity contribution is 5.93. The number of amides is 1. The van der Waals surface area contributed by atoms with Gasteiger partial charge in [0.25, 0.3) is 0 Å². The summed E-state index contributed by atoms with van der Waals surface area (Å²) < 4.78 is 0. The molecule has 5 heteroatoms. The summed E-state index contributed by atoms with van der Waals surface area (Å²) in [5.74, 6) is -1.16. The second kappa shape index (κ2) is 5.85. The van der Waals surface area contributed by atoms with Crippen molar-refractivity contribution in [2.75, 3.05) is 13.1 Å². The van der Waals surface area contributed by atoms with Crippen LogP contribution >= 0.6 is 0 Å². The van der Waals surface area contributed by atoms with Gasteiger partial charge in [-0.2, -0.15) is 0 Å². The summed E-state index contributed by atoms with van der Waals surface area (Å²) in [5.41, 5.74) is 7.22. The van der Waals surface area contributed by atoms with Crippen LogP contribution in [0.2, 0.25) is 0 Å². The van der Waals surface area contributed by atoms with E-state index < -0.39 is 17.3 Å². The molecule has 2 rings (SSSR count). The smallest absolute Gasteiger partial charge is 0.310 e.